The fourth-order valence-electron chi connectivity index (χ4n) is 3.90. The van der Waals surface area contributed by atoms with E-state index in [-0.39, 0.29) is 35.5 Å². The Morgan fingerprint density at radius 1 is 1.38 bits per heavy atom. The standard InChI is InChI=1S/C21H26N10O7S2/c1-21(2,19(36)37)38-27-10(14-26-20(24)40-28-14)15(32)25-11-16(33)31-12(18(34)35)9(7-39-17(11)31)6-30-5-8(4-22)13(23)29(30)3/h5,11,17,23H,4,6-7,22H2,1-3H3,(H5,24,25,26,28,32,34,35,36,37)/b27-10+/t11-,17-/m1/s1. The van der Waals surface area contributed by atoms with Gasteiger partial charge in [0.25, 0.3) is 11.8 Å². The van der Waals surface area contributed by atoms with E-state index >= 15 is 0 Å². The van der Waals surface area contributed by atoms with E-state index in [1.165, 1.54) is 25.6 Å². The number of nitrogen functional groups attached to an aromatic ring is 2. The molecule has 2 atom stereocenters. The number of nitrogens with zero attached hydrogens (tertiary/aromatic N) is 6. The minimum atomic E-state index is -1.80. The van der Waals surface area contributed by atoms with Gasteiger partial charge in [0, 0.05) is 29.4 Å². The molecule has 2 aliphatic heterocycles. The number of hydrogen-bond acceptors (Lipinski definition) is 14. The van der Waals surface area contributed by atoms with Crippen molar-refractivity contribution in [3.63, 3.8) is 0 Å². The van der Waals surface area contributed by atoms with E-state index in [9.17, 15) is 29.4 Å². The van der Waals surface area contributed by atoms with Crippen molar-refractivity contribution in [2.24, 2.45) is 17.9 Å². The molecule has 0 radical (unpaired) electrons. The molecule has 4 heterocycles. The van der Waals surface area contributed by atoms with E-state index in [0.717, 1.165) is 16.4 Å². The maximum absolute atomic E-state index is 13.1. The molecule has 1 fully saturated rings. The van der Waals surface area contributed by atoms with Gasteiger partial charge in [-0.1, -0.05) is 5.16 Å². The number of carbonyl (C=O) groups excluding carboxylic acids is 3. The van der Waals surface area contributed by atoms with Gasteiger partial charge >= 0.3 is 5.97 Å². The summed E-state index contributed by atoms with van der Waals surface area (Å²) in [6, 6.07) is -1.13. The maximum atomic E-state index is 13.1. The molecule has 2 aromatic heterocycles. The van der Waals surface area contributed by atoms with E-state index in [1.807, 2.05) is 0 Å². The Morgan fingerprint density at radius 3 is 2.62 bits per heavy atom. The van der Waals surface area contributed by atoms with Gasteiger partial charge in [-0.3, -0.25) is 14.5 Å². The van der Waals surface area contributed by atoms with E-state index in [0.29, 0.717) is 17.0 Å². The van der Waals surface area contributed by atoms with Crippen molar-refractivity contribution in [2.45, 2.75) is 44.0 Å². The summed E-state index contributed by atoms with van der Waals surface area (Å²) in [5.41, 5.74) is 15.8. The summed E-state index contributed by atoms with van der Waals surface area (Å²) in [7, 11) is 1.69. The number of aliphatic carboxylic acids is 2. The molecule has 0 saturated carbocycles. The van der Waals surface area contributed by atoms with Gasteiger partial charge in [0.05, 0.1) is 24.3 Å². The molecule has 1 saturated heterocycles. The zero-order valence-electron chi connectivity index (χ0n) is 21.5. The second-order valence-corrected chi connectivity index (χ2v) is 11.2. The van der Waals surface area contributed by atoms with Crippen LogP contribution >= 0.6 is 23.3 Å². The third kappa shape index (κ3) is 5.17. The number of thioether (sulfide) groups is 1. The Balaban J connectivity index is 1.57. The summed E-state index contributed by atoms with van der Waals surface area (Å²) >= 11 is 2.00. The van der Waals surface area contributed by atoms with Crippen LogP contribution in [0.15, 0.2) is 22.6 Å². The molecule has 0 aliphatic carbocycles. The lowest BCUT2D eigenvalue weighted by atomic mass is 10.0. The fraction of sp³-hybridized carbons (Fsp3) is 0.429. The Kier molecular flexibility index (Phi) is 7.72. The monoisotopic (exact) mass is 594 g/mol. The molecule has 40 heavy (non-hydrogen) atoms. The lowest BCUT2D eigenvalue weighted by Crippen LogP contribution is -2.71. The van der Waals surface area contributed by atoms with Crippen LogP contribution in [0.1, 0.15) is 25.2 Å². The first-order valence-corrected chi connectivity index (χ1v) is 13.4. The predicted octanol–water partition coefficient (Wildman–Crippen LogP) is -3.52. The number of carboxylic acids is 2. The summed E-state index contributed by atoms with van der Waals surface area (Å²) in [6.45, 7) is 2.73. The second-order valence-electron chi connectivity index (χ2n) is 9.27. The summed E-state index contributed by atoms with van der Waals surface area (Å²) in [6.07, 6.45) is 1.70. The summed E-state index contributed by atoms with van der Waals surface area (Å²) in [4.78, 5) is 59.8. The van der Waals surface area contributed by atoms with Crippen LogP contribution in [-0.2, 0) is 44.2 Å². The Bertz CT molecular complexity index is 1460. The lowest BCUT2D eigenvalue weighted by molar-refractivity contribution is -0.765. The van der Waals surface area contributed by atoms with Crippen molar-refractivity contribution in [1.82, 2.24) is 24.3 Å². The third-order valence-corrected chi connectivity index (χ3v) is 8.10. The predicted molar refractivity (Wildman–Crippen MR) is 139 cm³/mol. The summed E-state index contributed by atoms with van der Waals surface area (Å²) in [5, 5.41) is 26.8. The molecule has 19 heteroatoms. The number of carboxylic acid groups (broad SMARTS) is 2. The largest absolute Gasteiger partial charge is 0.543 e. The van der Waals surface area contributed by atoms with Gasteiger partial charge in [-0.15, -0.1) is 21.1 Å². The molecule has 4 rings (SSSR count). The SMILES string of the molecule is Cn1c(N)c(CN)c[n+]1CC1=C(C(=O)[O-])N2C(=O)[C@@H](NC(=O)/C(=N/OC(C)(C)C(=O)O)c3nsc(N)n3)[C@H]2SC1. The fourth-order valence-corrected chi connectivity index (χ4v) is 5.67. The quantitative estimate of drug-likeness (QED) is 0.0774. The molecule has 2 aliphatic rings. The average Bonchev–Trinajstić information content (AvgIpc) is 3.44. The van der Waals surface area contributed by atoms with Crippen molar-refractivity contribution in [3.05, 3.63) is 28.9 Å². The smallest absolute Gasteiger partial charge is 0.350 e. The highest BCUT2D eigenvalue weighted by Crippen LogP contribution is 2.40. The number of carbonyl (C=O) groups is 4. The van der Waals surface area contributed by atoms with Crippen LogP contribution in [0.2, 0.25) is 0 Å². The van der Waals surface area contributed by atoms with Crippen LogP contribution in [0.4, 0.5) is 10.9 Å². The number of anilines is 2. The first kappa shape index (κ1) is 28.8. The molecule has 0 bridgehead atoms. The third-order valence-electron chi connectivity index (χ3n) is 6.22. The molecule has 2 aromatic rings. The molecule has 214 valence electrons. The number of rotatable bonds is 10. The van der Waals surface area contributed by atoms with E-state index in [2.05, 4.69) is 19.8 Å². The van der Waals surface area contributed by atoms with Crippen LogP contribution in [0.25, 0.3) is 0 Å². The number of β-lactam (4-membered cyclic amide) rings is 1. The number of nitrogens with two attached hydrogens (primary N) is 3. The van der Waals surface area contributed by atoms with Crippen LogP contribution in [0.5, 0.6) is 0 Å². The topological polar surface area (TPSA) is 261 Å². The zero-order chi connectivity index (χ0) is 29.5. The van der Waals surface area contributed by atoms with Crippen LogP contribution < -0.4 is 32.3 Å². The normalized spacial score (nSPS) is 19.2. The molecule has 17 nitrogen and oxygen atoms in total. The first-order valence-electron chi connectivity index (χ1n) is 11.6. The molecular weight excluding hydrogens is 568 g/mol. The highest BCUT2D eigenvalue weighted by molar-refractivity contribution is 8.00. The van der Waals surface area contributed by atoms with Gasteiger partial charge in [-0.25, -0.2) is 4.79 Å². The average molecular weight is 595 g/mol. The maximum Gasteiger partial charge on any atom is 0.350 e. The number of amides is 2. The van der Waals surface area contributed by atoms with Gasteiger partial charge < -0.3 is 42.4 Å². The molecule has 0 aromatic carbocycles. The number of hydrogen-bond donors (Lipinski definition) is 5. The number of oxime groups is 1. The Hall–Kier alpha value is -4.23. The lowest BCUT2D eigenvalue weighted by Gasteiger charge is -2.50. The summed E-state index contributed by atoms with van der Waals surface area (Å²) in [5.74, 6) is -4.15. The molecule has 0 unspecified atom stereocenters. The van der Waals surface area contributed by atoms with Gasteiger partial charge in [-0.05, 0) is 13.8 Å². The Labute approximate surface area is 234 Å². The van der Waals surface area contributed by atoms with Crippen LogP contribution in [-0.4, -0.2) is 76.3 Å². The van der Waals surface area contributed by atoms with E-state index in [4.69, 9.17) is 22.0 Å². The molecule has 0 spiro atoms. The number of fused-ring (bicyclic) bond motifs is 1. The molecule has 2 amide bonds. The number of aromatic nitrogens is 4. The molecule has 8 N–H and O–H groups in total. The summed E-state index contributed by atoms with van der Waals surface area (Å²) < 4.78 is 7.21. The second kappa shape index (κ2) is 10.7. The van der Waals surface area contributed by atoms with Crippen LogP contribution in [0, 0.1) is 0 Å². The van der Waals surface area contributed by atoms with Gasteiger partial charge in [0.1, 0.15) is 11.4 Å². The minimum Gasteiger partial charge on any atom is -0.543 e. The van der Waals surface area contributed by atoms with E-state index < -0.39 is 46.5 Å². The molecular formula is C21H26N10O7S2. The van der Waals surface area contributed by atoms with Crippen LogP contribution in [0.3, 0.4) is 0 Å². The first-order chi connectivity index (χ1) is 18.8. The van der Waals surface area contributed by atoms with Crippen molar-refractivity contribution >= 4 is 63.7 Å². The van der Waals surface area contributed by atoms with E-state index in [1.54, 1.807) is 22.6 Å². The Morgan fingerprint density at radius 2 is 2.08 bits per heavy atom. The highest BCUT2D eigenvalue weighted by Gasteiger charge is 2.53. The highest BCUT2D eigenvalue weighted by atomic mass is 32.2. The van der Waals surface area contributed by atoms with Gasteiger partial charge in [0.2, 0.25) is 23.3 Å². The van der Waals surface area contributed by atoms with Crippen molar-refractivity contribution in [3.8, 4) is 0 Å². The van der Waals surface area contributed by atoms with Gasteiger partial charge in [0.15, 0.2) is 17.5 Å². The number of nitrogens with one attached hydrogen (secondary N) is 1. The minimum absolute atomic E-state index is 0.00873. The van der Waals surface area contributed by atoms with Crippen molar-refractivity contribution in [2.75, 3.05) is 17.2 Å². The van der Waals surface area contributed by atoms with Crippen molar-refractivity contribution < 1.29 is 38.9 Å². The van der Waals surface area contributed by atoms with Gasteiger partial charge in [-0.2, -0.15) is 9.36 Å². The van der Waals surface area contributed by atoms with Crippen molar-refractivity contribution in [1.29, 1.82) is 0 Å². The zero-order valence-corrected chi connectivity index (χ0v) is 23.1.